The Morgan fingerprint density at radius 2 is 2.00 bits per heavy atom. The third-order valence-corrected chi connectivity index (χ3v) is 2.16. The van der Waals surface area contributed by atoms with Gasteiger partial charge in [-0.3, -0.25) is 4.99 Å². The monoisotopic (exact) mass is 190 g/mol. The van der Waals surface area contributed by atoms with Crippen LogP contribution < -0.4 is 5.32 Å². The maximum atomic E-state index is 5.72. The van der Waals surface area contributed by atoms with Crippen LogP contribution in [0.15, 0.2) is 15.2 Å². The quantitative estimate of drug-likeness (QED) is 0.597. The van der Waals surface area contributed by atoms with E-state index in [0.29, 0.717) is 10.3 Å². The van der Waals surface area contributed by atoms with E-state index in [1.165, 1.54) is 0 Å². The van der Waals surface area contributed by atoms with Gasteiger partial charge in [-0.15, -0.1) is 10.2 Å². The highest BCUT2D eigenvalue weighted by molar-refractivity contribution is 6.71. The summed E-state index contributed by atoms with van der Waals surface area (Å²) in [5, 5.41) is 11.0. The largest absolute Gasteiger partial charge is 0.365 e. The van der Waals surface area contributed by atoms with E-state index in [2.05, 4.69) is 20.5 Å². The number of aliphatic imine (C=N–C) groups is 1. The second-order valence-corrected chi connectivity index (χ2v) is 2.99. The van der Waals surface area contributed by atoms with Gasteiger partial charge in [-0.05, 0) is 0 Å². The van der Waals surface area contributed by atoms with Gasteiger partial charge in [0.25, 0.3) is 0 Å². The average molecular weight is 191 g/mol. The van der Waals surface area contributed by atoms with Gasteiger partial charge in [0, 0.05) is 0 Å². The molecule has 0 amide bonds. The van der Waals surface area contributed by atoms with E-state index in [1.54, 1.807) is 6.34 Å². The van der Waals surface area contributed by atoms with E-state index < -0.39 is 0 Å². The number of hydrogen-bond acceptors (Lipinski definition) is 4. The lowest BCUT2D eigenvalue weighted by Crippen LogP contribution is -2.41. The molecular weight excluding hydrogens is 187 g/mol. The van der Waals surface area contributed by atoms with Gasteiger partial charge in [-0.25, -0.2) is 0 Å². The molecule has 2 aliphatic rings. The summed E-state index contributed by atoms with van der Waals surface area (Å²) in [6, 6.07) is -0.289. The minimum atomic E-state index is -0.179. The van der Waals surface area contributed by atoms with Gasteiger partial charge in [-0.2, -0.15) is 0 Å². The second kappa shape index (κ2) is 2.46. The Balaban J connectivity index is 2.35. The molecule has 4 nitrogen and oxygen atoms in total. The first-order valence-corrected chi connectivity index (χ1v) is 3.79. The number of hydrogen-bond donors (Lipinski definition) is 1. The lowest BCUT2D eigenvalue weighted by molar-refractivity contribution is 0.759. The van der Waals surface area contributed by atoms with Gasteiger partial charge in [0.15, 0.2) is 10.3 Å². The minimum Gasteiger partial charge on any atom is -0.365 e. The molecule has 0 aromatic rings. The molecule has 0 saturated carbocycles. The van der Waals surface area contributed by atoms with E-state index >= 15 is 0 Å². The van der Waals surface area contributed by atoms with Crippen LogP contribution in [0.25, 0.3) is 0 Å². The Morgan fingerprint density at radius 3 is 2.73 bits per heavy atom. The third-order valence-electron chi connectivity index (χ3n) is 1.55. The Kier molecular flexibility index (Phi) is 1.58. The van der Waals surface area contributed by atoms with Crippen molar-refractivity contribution < 1.29 is 0 Å². The van der Waals surface area contributed by atoms with E-state index in [4.69, 9.17) is 23.2 Å². The van der Waals surface area contributed by atoms with Crippen molar-refractivity contribution >= 4 is 39.9 Å². The van der Waals surface area contributed by atoms with Crippen LogP contribution >= 0.6 is 23.2 Å². The summed E-state index contributed by atoms with van der Waals surface area (Å²) in [6.07, 6.45) is 1.57. The molecule has 2 rings (SSSR count). The molecule has 0 radical (unpaired) electrons. The van der Waals surface area contributed by atoms with Crippen LogP contribution in [0.3, 0.4) is 0 Å². The molecule has 0 fully saturated rings. The maximum absolute atomic E-state index is 5.72. The first-order chi connectivity index (χ1) is 5.29. The molecule has 11 heavy (non-hydrogen) atoms. The third kappa shape index (κ3) is 1.02. The van der Waals surface area contributed by atoms with Gasteiger partial charge in [0.1, 0.15) is 12.1 Å². The lowest BCUT2D eigenvalue weighted by Gasteiger charge is -2.17. The zero-order chi connectivity index (χ0) is 7.84. The van der Waals surface area contributed by atoms with Crippen LogP contribution in [-0.4, -0.2) is 28.8 Å². The number of nitrogens with zero attached hydrogens (tertiary/aromatic N) is 3. The van der Waals surface area contributed by atoms with Gasteiger partial charge in [0.05, 0.1) is 6.34 Å². The average Bonchev–Trinajstić information content (AvgIpc) is 2.45. The fourth-order valence-electron chi connectivity index (χ4n) is 0.996. The number of rotatable bonds is 0. The molecule has 0 unspecified atom stereocenters. The van der Waals surface area contributed by atoms with Crippen molar-refractivity contribution in [1.82, 2.24) is 5.32 Å². The summed E-state index contributed by atoms with van der Waals surface area (Å²) in [7, 11) is 0. The van der Waals surface area contributed by atoms with Crippen molar-refractivity contribution in [1.29, 1.82) is 0 Å². The van der Waals surface area contributed by atoms with Crippen LogP contribution in [-0.2, 0) is 0 Å². The molecule has 0 aromatic carbocycles. The molecular formula is C5H4Cl2N4. The predicted molar refractivity (Wildman–Crippen MR) is 45.8 cm³/mol. The van der Waals surface area contributed by atoms with Crippen LogP contribution in [0.2, 0.25) is 0 Å². The van der Waals surface area contributed by atoms with Crippen molar-refractivity contribution in [2.24, 2.45) is 15.2 Å². The summed E-state index contributed by atoms with van der Waals surface area (Å²) in [6.45, 7) is 0. The highest BCUT2D eigenvalue weighted by atomic mass is 35.5. The zero-order valence-electron chi connectivity index (χ0n) is 5.33. The summed E-state index contributed by atoms with van der Waals surface area (Å²) in [5.41, 5.74) is 0. The molecule has 1 N–H and O–H groups in total. The van der Waals surface area contributed by atoms with E-state index in [-0.39, 0.29) is 12.1 Å². The molecule has 0 aromatic heterocycles. The summed E-state index contributed by atoms with van der Waals surface area (Å²) in [5.74, 6) is 0. The highest BCUT2D eigenvalue weighted by Crippen LogP contribution is 2.17. The lowest BCUT2D eigenvalue weighted by atomic mass is 10.1. The van der Waals surface area contributed by atoms with Gasteiger partial charge >= 0.3 is 0 Å². The van der Waals surface area contributed by atoms with Crippen LogP contribution in [0.5, 0.6) is 0 Å². The summed E-state index contributed by atoms with van der Waals surface area (Å²) < 4.78 is 0. The SMILES string of the molecule is ClC1=NN=C(Cl)[C@@H]2NC=N[C@H]12. The van der Waals surface area contributed by atoms with Crippen molar-refractivity contribution in [3.63, 3.8) is 0 Å². The van der Waals surface area contributed by atoms with Crippen molar-refractivity contribution in [3.8, 4) is 0 Å². The topological polar surface area (TPSA) is 49.1 Å². The molecule has 6 heteroatoms. The molecule has 58 valence electrons. The first-order valence-electron chi connectivity index (χ1n) is 3.03. The fraction of sp³-hybridized carbons (Fsp3) is 0.400. The summed E-state index contributed by atoms with van der Waals surface area (Å²) in [4.78, 5) is 4.03. The van der Waals surface area contributed by atoms with Crippen molar-refractivity contribution in [2.75, 3.05) is 0 Å². The summed E-state index contributed by atoms with van der Waals surface area (Å²) >= 11 is 11.4. The molecule has 0 bridgehead atoms. The number of nitrogens with one attached hydrogen (secondary N) is 1. The predicted octanol–water partition coefficient (Wildman–Crippen LogP) is 0.558. The van der Waals surface area contributed by atoms with E-state index in [0.717, 1.165) is 0 Å². The standard InChI is InChI=1S/C5H4Cl2N4/c6-4-2-3(9-1-8-2)5(7)11-10-4/h1-3H,(H,8,9)/t2-,3+. The number of fused-ring (bicyclic) bond motifs is 1. The van der Waals surface area contributed by atoms with Crippen LogP contribution in [0.1, 0.15) is 0 Å². The molecule has 2 heterocycles. The second-order valence-electron chi connectivity index (χ2n) is 2.21. The Morgan fingerprint density at radius 1 is 1.27 bits per heavy atom. The van der Waals surface area contributed by atoms with Crippen molar-refractivity contribution in [3.05, 3.63) is 0 Å². The fourth-order valence-corrected chi connectivity index (χ4v) is 1.44. The normalized spacial score (nSPS) is 34.0. The molecule has 0 spiro atoms. The van der Waals surface area contributed by atoms with Gasteiger partial charge in [-0.1, -0.05) is 23.2 Å². The Hall–Kier alpha value is -0.610. The van der Waals surface area contributed by atoms with Crippen molar-refractivity contribution in [2.45, 2.75) is 12.1 Å². The molecule has 0 aliphatic carbocycles. The molecule has 0 saturated heterocycles. The Labute approximate surface area is 73.0 Å². The van der Waals surface area contributed by atoms with E-state index in [9.17, 15) is 0 Å². The Bertz CT molecular complexity index is 270. The van der Waals surface area contributed by atoms with E-state index in [1.807, 2.05) is 0 Å². The van der Waals surface area contributed by atoms with Gasteiger partial charge in [0.2, 0.25) is 0 Å². The van der Waals surface area contributed by atoms with Crippen LogP contribution in [0.4, 0.5) is 0 Å². The first kappa shape index (κ1) is 7.06. The maximum Gasteiger partial charge on any atom is 0.155 e. The highest BCUT2D eigenvalue weighted by Gasteiger charge is 2.34. The number of halogens is 2. The molecule has 2 atom stereocenters. The minimum absolute atomic E-state index is 0.110. The smallest absolute Gasteiger partial charge is 0.155 e. The molecule has 2 aliphatic heterocycles. The zero-order valence-corrected chi connectivity index (χ0v) is 6.84. The van der Waals surface area contributed by atoms with Crippen LogP contribution in [0, 0.1) is 0 Å². The van der Waals surface area contributed by atoms with Gasteiger partial charge < -0.3 is 5.32 Å².